The summed E-state index contributed by atoms with van der Waals surface area (Å²) in [4.78, 5) is 12.0. The standard InChI is InChI=1S/C12H13F2NO/c1-12(15,8-2-3-8)11(16)7-4-9(13)6-10(14)5-7/h4-6,8H,2-3,15H2,1H3. The number of hydrogen-bond donors (Lipinski definition) is 1. The Labute approximate surface area is 92.4 Å². The van der Waals surface area contributed by atoms with E-state index in [1.165, 1.54) is 0 Å². The molecule has 1 aliphatic rings. The Balaban J connectivity index is 2.33. The average Bonchev–Trinajstić information content (AvgIpc) is 2.97. The maximum atomic E-state index is 13.0. The summed E-state index contributed by atoms with van der Waals surface area (Å²) in [5.41, 5.74) is 4.90. The second-order valence-corrected chi connectivity index (χ2v) is 4.54. The SMILES string of the molecule is CC(N)(C(=O)c1cc(F)cc(F)c1)C1CC1. The Bertz CT molecular complexity index is 418. The first-order chi connectivity index (χ1) is 7.41. The highest BCUT2D eigenvalue weighted by molar-refractivity contribution is 6.03. The van der Waals surface area contributed by atoms with Crippen LogP contribution in [0.2, 0.25) is 0 Å². The van der Waals surface area contributed by atoms with Gasteiger partial charge in [-0.25, -0.2) is 8.78 Å². The molecule has 1 fully saturated rings. The highest BCUT2D eigenvalue weighted by Gasteiger charge is 2.44. The van der Waals surface area contributed by atoms with E-state index >= 15 is 0 Å². The van der Waals surface area contributed by atoms with Gasteiger partial charge in [0.25, 0.3) is 0 Å². The quantitative estimate of drug-likeness (QED) is 0.802. The van der Waals surface area contributed by atoms with Crippen LogP contribution in [0.15, 0.2) is 18.2 Å². The largest absolute Gasteiger partial charge is 0.319 e. The first-order valence-electron chi connectivity index (χ1n) is 5.21. The normalized spacial score (nSPS) is 19.2. The average molecular weight is 225 g/mol. The number of hydrogen-bond acceptors (Lipinski definition) is 2. The van der Waals surface area contributed by atoms with Crippen LogP contribution in [-0.2, 0) is 0 Å². The summed E-state index contributed by atoms with van der Waals surface area (Å²) >= 11 is 0. The van der Waals surface area contributed by atoms with Crippen molar-refractivity contribution in [2.75, 3.05) is 0 Å². The molecule has 2 nitrogen and oxygen atoms in total. The zero-order chi connectivity index (χ0) is 11.9. The second kappa shape index (κ2) is 3.63. The third-order valence-corrected chi connectivity index (χ3v) is 3.04. The third kappa shape index (κ3) is 1.97. The molecule has 0 saturated heterocycles. The number of benzene rings is 1. The summed E-state index contributed by atoms with van der Waals surface area (Å²) in [5.74, 6) is -1.77. The number of halogens is 2. The van der Waals surface area contributed by atoms with E-state index in [9.17, 15) is 13.6 Å². The van der Waals surface area contributed by atoms with Crippen molar-refractivity contribution in [3.05, 3.63) is 35.4 Å². The van der Waals surface area contributed by atoms with Gasteiger partial charge in [0.1, 0.15) is 11.6 Å². The predicted octanol–water partition coefficient (Wildman–Crippen LogP) is 2.27. The van der Waals surface area contributed by atoms with Crippen molar-refractivity contribution in [3.8, 4) is 0 Å². The van der Waals surface area contributed by atoms with Gasteiger partial charge < -0.3 is 5.73 Å². The zero-order valence-corrected chi connectivity index (χ0v) is 8.97. The Morgan fingerprint density at radius 2 is 1.81 bits per heavy atom. The zero-order valence-electron chi connectivity index (χ0n) is 8.97. The maximum Gasteiger partial charge on any atom is 0.182 e. The molecule has 1 aromatic rings. The molecule has 0 aromatic heterocycles. The monoisotopic (exact) mass is 225 g/mol. The van der Waals surface area contributed by atoms with Gasteiger partial charge in [-0.2, -0.15) is 0 Å². The van der Waals surface area contributed by atoms with Crippen LogP contribution in [0.3, 0.4) is 0 Å². The minimum Gasteiger partial charge on any atom is -0.319 e. The topological polar surface area (TPSA) is 43.1 Å². The molecular weight excluding hydrogens is 212 g/mol. The van der Waals surface area contributed by atoms with E-state index < -0.39 is 23.0 Å². The van der Waals surface area contributed by atoms with Gasteiger partial charge in [0, 0.05) is 11.6 Å². The number of carbonyl (C=O) groups is 1. The summed E-state index contributed by atoms with van der Waals surface area (Å²) < 4.78 is 25.9. The molecule has 0 aliphatic heterocycles. The highest BCUT2D eigenvalue weighted by Crippen LogP contribution is 2.39. The van der Waals surface area contributed by atoms with Crippen molar-refractivity contribution >= 4 is 5.78 Å². The molecule has 0 heterocycles. The Kier molecular flexibility index (Phi) is 2.54. The van der Waals surface area contributed by atoms with Crippen molar-refractivity contribution in [1.82, 2.24) is 0 Å². The second-order valence-electron chi connectivity index (χ2n) is 4.54. The fourth-order valence-corrected chi connectivity index (χ4v) is 1.86. The molecule has 2 N–H and O–H groups in total. The van der Waals surface area contributed by atoms with E-state index in [4.69, 9.17) is 5.73 Å². The van der Waals surface area contributed by atoms with Gasteiger partial charge >= 0.3 is 0 Å². The fourth-order valence-electron chi connectivity index (χ4n) is 1.86. The van der Waals surface area contributed by atoms with E-state index in [0.29, 0.717) is 0 Å². The van der Waals surface area contributed by atoms with E-state index in [1.54, 1.807) is 6.92 Å². The van der Waals surface area contributed by atoms with Crippen LogP contribution in [0.4, 0.5) is 8.78 Å². The highest BCUT2D eigenvalue weighted by atomic mass is 19.1. The van der Waals surface area contributed by atoms with Crippen LogP contribution in [-0.4, -0.2) is 11.3 Å². The number of ketones is 1. The Hall–Kier alpha value is -1.29. The Morgan fingerprint density at radius 1 is 1.31 bits per heavy atom. The van der Waals surface area contributed by atoms with Crippen LogP contribution >= 0.6 is 0 Å². The van der Waals surface area contributed by atoms with Crippen molar-refractivity contribution < 1.29 is 13.6 Å². The van der Waals surface area contributed by atoms with Gasteiger partial charge in [0.05, 0.1) is 5.54 Å². The minimum atomic E-state index is -1.01. The molecule has 0 radical (unpaired) electrons. The number of Topliss-reactive ketones (excluding diaryl/α,β-unsaturated/α-hetero) is 1. The lowest BCUT2D eigenvalue weighted by molar-refractivity contribution is 0.0882. The molecular formula is C12H13F2NO. The van der Waals surface area contributed by atoms with Gasteiger partial charge in [-0.15, -0.1) is 0 Å². The van der Waals surface area contributed by atoms with Crippen LogP contribution in [0, 0.1) is 17.6 Å². The summed E-state index contributed by atoms with van der Waals surface area (Å²) in [6, 6.07) is 2.79. The molecule has 16 heavy (non-hydrogen) atoms. The molecule has 0 amide bonds. The summed E-state index contributed by atoms with van der Waals surface area (Å²) in [6.07, 6.45) is 1.80. The van der Waals surface area contributed by atoms with Crippen molar-refractivity contribution in [3.63, 3.8) is 0 Å². The lowest BCUT2D eigenvalue weighted by Gasteiger charge is -2.22. The molecule has 0 bridgehead atoms. The fraction of sp³-hybridized carbons (Fsp3) is 0.417. The van der Waals surface area contributed by atoms with E-state index in [1.807, 2.05) is 0 Å². The van der Waals surface area contributed by atoms with Gasteiger partial charge in [-0.05, 0) is 37.8 Å². The first kappa shape index (κ1) is 11.2. The number of nitrogens with two attached hydrogens (primary N) is 1. The van der Waals surface area contributed by atoms with E-state index in [2.05, 4.69) is 0 Å². The molecule has 1 unspecified atom stereocenters. The lowest BCUT2D eigenvalue weighted by atomic mass is 9.87. The van der Waals surface area contributed by atoms with E-state index in [0.717, 1.165) is 31.0 Å². The summed E-state index contributed by atoms with van der Waals surface area (Å²) in [5, 5.41) is 0. The van der Waals surface area contributed by atoms with Crippen LogP contribution in [0.1, 0.15) is 30.1 Å². The van der Waals surface area contributed by atoms with E-state index in [-0.39, 0.29) is 11.5 Å². The molecule has 0 spiro atoms. The first-order valence-corrected chi connectivity index (χ1v) is 5.21. The van der Waals surface area contributed by atoms with Crippen LogP contribution in [0.5, 0.6) is 0 Å². The van der Waals surface area contributed by atoms with Crippen LogP contribution in [0.25, 0.3) is 0 Å². The lowest BCUT2D eigenvalue weighted by Crippen LogP contribution is -2.47. The Morgan fingerprint density at radius 3 is 2.25 bits per heavy atom. The maximum absolute atomic E-state index is 13.0. The summed E-state index contributed by atoms with van der Waals surface area (Å²) in [6.45, 7) is 1.62. The number of carbonyl (C=O) groups excluding carboxylic acids is 1. The van der Waals surface area contributed by atoms with Crippen LogP contribution < -0.4 is 5.73 Å². The third-order valence-electron chi connectivity index (χ3n) is 3.04. The molecule has 1 atom stereocenters. The van der Waals surface area contributed by atoms with Gasteiger partial charge in [0.2, 0.25) is 0 Å². The number of rotatable bonds is 3. The molecule has 1 aromatic carbocycles. The molecule has 1 aliphatic carbocycles. The smallest absolute Gasteiger partial charge is 0.182 e. The van der Waals surface area contributed by atoms with Crippen molar-refractivity contribution in [2.24, 2.45) is 11.7 Å². The molecule has 4 heteroatoms. The minimum absolute atomic E-state index is 0.00870. The van der Waals surface area contributed by atoms with Gasteiger partial charge in [-0.3, -0.25) is 4.79 Å². The van der Waals surface area contributed by atoms with Crippen molar-refractivity contribution in [2.45, 2.75) is 25.3 Å². The van der Waals surface area contributed by atoms with Crippen molar-refractivity contribution in [1.29, 1.82) is 0 Å². The summed E-state index contributed by atoms with van der Waals surface area (Å²) in [7, 11) is 0. The molecule has 1 saturated carbocycles. The molecule has 2 rings (SSSR count). The predicted molar refractivity (Wildman–Crippen MR) is 56.0 cm³/mol. The molecule has 86 valence electrons. The van der Waals surface area contributed by atoms with Gasteiger partial charge in [-0.1, -0.05) is 0 Å². The van der Waals surface area contributed by atoms with Gasteiger partial charge in [0.15, 0.2) is 5.78 Å².